The van der Waals surface area contributed by atoms with E-state index in [1.165, 1.54) is 13.2 Å². The first-order valence-electron chi connectivity index (χ1n) is 7.92. The number of benzene rings is 3. The lowest BCUT2D eigenvalue weighted by atomic mass is 10.0. The first kappa shape index (κ1) is 15.3. The number of hydrogen-bond acceptors (Lipinski definition) is 4. The third-order valence-corrected chi connectivity index (χ3v) is 4.45. The van der Waals surface area contributed by atoms with Crippen molar-refractivity contribution in [2.24, 2.45) is 0 Å². The summed E-state index contributed by atoms with van der Waals surface area (Å²) in [5.41, 5.74) is 1.71. The van der Waals surface area contributed by atoms with E-state index < -0.39 is 0 Å². The summed E-state index contributed by atoms with van der Waals surface area (Å²) >= 11 is 0. The minimum Gasteiger partial charge on any atom is -0.504 e. The third-order valence-electron chi connectivity index (χ3n) is 4.45. The summed E-state index contributed by atoms with van der Waals surface area (Å²) in [5, 5.41) is 12.3. The van der Waals surface area contributed by atoms with Crippen molar-refractivity contribution >= 4 is 21.7 Å². The zero-order chi connectivity index (χ0) is 17.6. The average molecular weight is 332 g/mol. The zero-order valence-electron chi connectivity index (χ0n) is 13.9. The van der Waals surface area contributed by atoms with Gasteiger partial charge in [-0.3, -0.25) is 4.79 Å². The fraction of sp³-hybridized carbons (Fsp3) is 0.0952. The van der Waals surface area contributed by atoms with Gasteiger partial charge in [-0.15, -0.1) is 0 Å². The van der Waals surface area contributed by atoms with Gasteiger partial charge in [-0.25, -0.2) is 0 Å². The third kappa shape index (κ3) is 2.34. The molecule has 0 aliphatic heterocycles. The second-order valence-electron chi connectivity index (χ2n) is 5.94. The molecule has 0 amide bonds. The highest BCUT2D eigenvalue weighted by Crippen LogP contribution is 2.34. The Bertz CT molecular complexity index is 1170. The molecule has 4 aromatic rings. The van der Waals surface area contributed by atoms with Crippen LogP contribution in [-0.2, 0) is 0 Å². The molecule has 25 heavy (non-hydrogen) atoms. The van der Waals surface area contributed by atoms with Crippen LogP contribution in [0.3, 0.4) is 0 Å². The molecule has 0 bridgehead atoms. The second kappa shape index (κ2) is 5.67. The van der Waals surface area contributed by atoms with Gasteiger partial charge in [-0.1, -0.05) is 30.3 Å². The summed E-state index contributed by atoms with van der Waals surface area (Å²) in [6.45, 7) is 1.75. The smallest absolute Gasteiger partial charge is 0.196 e. The number of phenolic OH excluding ortho intramolecular Hbond substituents is 1. The van der Waals surface area contributed by atoms with Crippen LogP contribution in [0.5, 0.6) is 11.5 Å². The Labute approximate surface area is 143 Å². The van der Waals surface area contributed by atoms with E-state index in [-0.39, 0.29) is 11.2 Å². The van der Waals surface area contributed by atoms with Gasteiger partial charge in [0.2, 0.25) is 0 Å². The fourth-order valence-electron chi connectivity index (χ4n) is 3.11. The Morgan fingerprint density at radius 2 is 1.80 bits per heavy atom. The Hall–Kier alpha value is -3.27. The van der Waals surface area contributed by atoms with Crippen molar-refractivity contribution in [1.82, 2.24) is 0 Å². The van der Waals surface area contributed by atoms with Gasteiger partial charge in [-0.05, 0) is 36.6 Å². The van der Waals surface area contributed by atoms with Crippen LogP contribution >= 0.6 is 0 Å². The van der Waals surface area contributed by atoms with Crippen molar-refractivity contribution in [2.75, 3.05) is 7.11 Å². The average Bonchev–Trinajstić information content (AvgIpc) is 2.65. The molecule has 0 saturated carbocycles. The van der Waals surface area contributed by atoms with Gasteiger partial charge < -0.3 is 14.3 Å². The molecule has 4 rings (SSSR count). The van der Waals surface area contributed by atoms with E-state index in [0.29, 0.717) is 33.6 Å². The summed E-state index contributed by atoms with van der Waals surface area (Å²) in [5.74, 6) is 0.849. The predicted octanol–water partition coefficient (Wildman–Crippen LogP) is 4.64. The quantitative estimate of drug-likeness (QED) is 0.543. The van der Waals surface area contributed by atoms with Crippen molar-refractivity contribution in [2.45, 2.75) is 6.92 Å². The molecule has 4 heteroatoms. The molecule has 0 fully saturated rings. The lowest BCUT2D eigenvalue weighted by molar-refractivity contribution is 0.373. The number of fused-ring (bicyclic) bond motifs is 3. The summed E-state index contributed by atoms with van der Waals surface area (Å²) in [6, 6.07) is 16.4. The molecule has 0 unspecified atom stereocenters. The largest absolute Gasteiger partial charge is 0.504 e. The Morgan fingerprint density at radius 3 is 2.60 bits per heavy atom. The molecule has 0 aliphatic rings. The van der Waals surface area contributed by atoms with Gasteiger partial charge in [-0.2, -0.15) is 0 Å². The van der Waals surface area contributed by atoms with Crippen molar-refractivity contribution in [3.8, 4) is 22.8 Å². The van der Waals surface area contributed by atoms with Crippen molar-refractivity contribution in [1.29, 1.82) is 0 Å². The molecule has 0 saturated heterocycles. The summed E-state index contributed by atoms with van der Waals surface area (Å²) < 4.78 is 11.3. The zero-order valence-corrected chi connectivity index (χ0v) is 13.9. The molecule has 0 aliphatic carbocycles. The molecular formula is C21H16O4. The SMILES string of the molecule is COc1cc(-c2oc3c(ccc4ccccc43)c(=O)c2C)ccc1O. The molecule has 124 valence electrons. The number of rotatable bonds is 2. The topological polar surface area (TPSA) is 59.7 Å². The normalized spacial score (nSPS) is 11.1. The first-order valence-corrected chi connectivity index (χ1v) is 7.92. The van der Waals surface area contributed by atoms with Crippen LogP contribution in [0.2, 0.25) is 0 Å². The second-order valence-corrected chi connectivity index (χ2v) is 5.94. The maximum absolute atomic E-state index is 12.8. The summed E-state index contributed by atoms with van der Waals surface area (Å²) in [6.07, 6.45) is 0. The van der Waals surface area contributed by atoms with Crippen LogP contribution in [0.4, 0.5) is 0 Å². The van der Waals surface area contributed by atoms with Crippen molar-refractivity contribution in [3.05, 3.63) is 70.4 Å². The molecule has 0 atom stereocenters. The predicted molar refractivity (Wildman–Crippen MR) is 98.4 cm³/mol. The van der Waals surface area contributed by atoms with Crippen LogP contribution < -0.4 is 10.2 Å². The van der Waals surface area contributed by atoms with Crippen LogP contribution in [0.15, 0.2) is 63.8 Å². The number of hydrogen-bond donors (Lipinski definition) is 1. The maximum Gasteiger partial charge on any atom is 0.196 e. The van der Waals surface area contributed by atoms with Crippen molar-refractivity contribution < 1.29 is 14.3 Å². The molecule has 4 nitrogen and oxygen atoms in total. The molecule has 0 spiro atoms. The number of aromatic hydroxyl groups is 1. The van der Waals surface area contributed by atoms with Gasteiger partial charge in [0.1, 0.15) is 11.3 Å². The summed E-state index contributed by atoms with van der Waals surface area (Å²) in [4.78, 5) is 12.8. The van der Waals surface area contributed by atoms with Crippen LogP contribution in [0, 0.1) is 6.92 Å². The molecular weight excluding hydrogens is 316 g/mol. The molecule has 3 aromatic carbocycles. The van der Waals surface area contributed by atoms with E-state index in [4.69, 9.17) is 9.15 Å². The van der Waals surface area contributed by atoms with Crippen LogP contribution in [0.1, 0.15) is 5.56 Å². The summed E-state index contributed by atoms with van der Waals surface area (Å²) in [7, 11) is 1.48. The number of methoxy groups -OCH3 is 1. The standard InChI is InChI=1S/C21H16O4/c1-12-19(23)16-9-7-13-5-3-4-6-15(13)21(16)25-20(12)14-8-10-17(22)18(11-14)24-2/h3-11,22H,1-2H3. The molecule has 1 aromatic heterocycles. The van der Waals surface area contributed by atoms with Gasteiger partial charge in [0, 0.05) is 16.5 Å². The van der Waals surface area contributed by atoms with Crippen molar-refractivity contribution in [3.63, 3.8) is 0 Å². The first-order chi connectivity index (χ1) is 12.1. The lowest BCUT2D eigenvalue weighted by Crippen LogP contribution is -2.07. The van der Waals surface area contributed by atoms with E-state index in [1.807, 2.05) is 30.3 Å². The fourth-order valence-corrected chi connectivity index (χ4v) is 3.11. The van der Waals surface area contributed by atoms with Crippen LogP contribution in [-0.4, -0.2) is 12.2 Å². The number of ether oxygens (including phenoxy) is 1. The minimum atomic E-state index is -0.0611. The van der Waals surface area contributed by atoms with E-state index in [0.717, 1.165) is 10.8 Å². The van der Waals surface area contributed by atoms with E-state index in [2.05, 4.69) is 0 Å². The van der Waals surface area contributed by atoms with E-state index >= 15 is 0 Å². The lowest BCUT2D eigenvalue weighted by Gasteiger charge is -2.11. The van der Waals surface area contributed by atoms with Crippen LogP contribution in [0.25, 0.3) is 33.1 Å². The highest BCUT2D eigenvalue weighted by molar-refractivity contribution is 6.04. The highest BCUT2D eigenvalue weighted by atomic mass is 16.5. The van der Waals surface area contributed by atoms with Gasteiger partial charge >= 0.3 is 0 Å². The minimum absolute atomic E-state index is 0.0393. The van der Waals surface area contributed by atoms with Gasteiger partial charge in [0.25, 0.3) is 0 Å². The Morgan fingerprint density at radius 1 is 1.00 bits per heavy atom. The Kier molecular flexibility index (Phi) is 3.46. The van der Waals surface area contributed by atoms with Gasteiger partial charge in [0.05, 0.1) is 12.5 Å². The molecule has 1 heterocycles. The number of phenols is 1. The Balaban J connectivity index is 2.09. The molecule has 1 N–H and O–H groups in total. The maximum atomic E-state index is 12.8. The highest BCUT2D eigenvalue weighted by Gasteiger charge is 2.16. The van der Waals surface area contributed by atoms with E-state index in [9.17, 15) is 9.90 Å². The van der Waals surface area contributed by atoms with E-state index in [1.54, 1.807) is 25.1 Å². The monoisotopic (exact) mass is 332 g/mol. The molecule has 0 radical (unpaired) electrons. The van der Waals surface area contributed by atoms with Gasteiger partial charge in [0.15, 0.2) is 16.9 Å².